The Balaban J connectivity index is 0.000000784. The van der Waals surface area contributed by atoms with Crippen molar-refractivity contribution < 1.29 is 11.3 Å². The minimum absolute atomic E-state index is 0. The van der Waals surface area contributed by atoms with Crippen LogP contribution in [0.4, 0.5) is 5.95 Å². The molecule has 2 N–H and O–H groups in total. The molecule has 8 heteroatoms. The zero-order valence-electron chi connectivity index (χ0n) is 14.2. The molecule has 2 aliphatic rings. The Labute approximate surface area is 147 Å². The van der Waals surface area contributed by atoms with Gasteiger partial charge in [0.05, 0.1) is 11.1 Å². The van der Waals surface area contributed by atoms with E-state index in [0.29, 0.717) is 11.5 Å². The van der Waals surface area contributed by atoms with Crippen LogP contribution in [-0.2, 0) is 5.54 Å². The summed E-state index contributed by atoms with van der Waals surface area (Å²) in [4.78, 5) is 30.9. The van der Waals surface area contributed by atoms with E-state index in [4.69, 9.17) is 5.11 Å². The van der Waals surface area contributed by atoms with Gasteiger partial charge in [-0.15, -0.1) is 0 Å². The molecular formula is C17H24N6O2. The molecule has 1 saturated heterocycles. The van der Waals surface area contributed by atoms with Crippen LogP contribution < -0.4 is 5.32 Å². The molecule has 1 saturated carbocycles. The van der Waals surface area contributed by atoms with Gasteiger partial charge in [0, 0.05) is 52.0 Å². The van der Waals surface area contributed by atoms with E-state index in [0.717, 1.165) is 51.4 Å². The summed E-state index contributed by atoms with van der Waals surface area (Å²) in [6.45, 7) is 1.66. The lowest BCUT2D eigenvalue weighted by Gasteiger charge is -2.18. The van der Waals surface area contributed by atoms with Crippen LogP contribution in [0.5, 0.6) is 0 Å². The highest BCUT2D eigenvalue weighted by Crippen LogP contribution is 2.47. The van der Waals surface area contributed by atoms with Gasteiger partial charge in [0.1, 0.15) is 6.33 Å². The number of aliphatic hydroxyl groups excluding tert-OH is 1. The molecule has 25 heavy (non-hydrogen) atoms. The highest BCUT2D eigenvalue weighted by atomic mass is 16.2. The van der Waals surface area contributed by atoms with Gasteiger partial charge in [0.25, 0.3) is 5.91 Å². The number of carbonyl (C=O) groups excluding carboxylic acids is 1. The van der Waals surface area contributed by atoms with Gasteiger partial charge in [0.15, 0.2) is 0 Å². The van der Waals surface area contributed by atoms with Crippen molar-refractivity contribution in [3.05, 3.63) is 42.2 Å². The summed E-state index contributed by atoms with van der Waals surface area (Å²) in [5.41, 5.74) is 1.42. The molecule has 2 aromatic heterocycles. The largest absolute Gasteiger partial charge is 0.400 e. The van der Waals surface area contributed by atoms with Crippen LogP contribution in [-0.4, -0.2) is 56.0 Å². The van der Waals surface area contributed by atoms with E-state index in [1.807, 2.05) is 17.3 Å². The fourth-order valence-electron chi connectivity index (χ4n) is 2.98. The smallest absolute Gasteiger partial charge is 0.256 e. The number of aromatic nitrogens is 4. The maximum Gasteiger partial charge on any atom is 0.256 e. The molecule has 0 aromatic carbocycles. The van der Waals surface area contributed by atoms with E-state index in [2.05, 4.69) is 25.3 Å². The summed E-state index contributed by atoms with van der Waals surface area (Å²) in [5.74, 6) is 0.552. The molecule has 0 radical (unpaired) electrons. The van der Waals surface area contributed by atoms with Gasteiger partial charge in [0.2, 0.25) is 5.95 Å². The maximum atomic E-state index is 12.3. The molecular weight excluding hydrogens is 320 g/mol. The Morgan fingerprint density at radius 2 is 1.72 bits per heavy atom. The first kappa shape index (κ1) is 17.2. The summed E-state index contributed by atoms with van der Waals surface area (Å²) in [6.07, 6.45) is 12.5. The molecule has 134 valence electrons. The maximum absolute atomic E-state index is 12.3. The summed E-state index contributed by atoms with van der Waals surface area (Å²) in [5, 5.41) is 10.4. The Morgan fingerprint density at radius 3 is 2.28 bits per heavy atom. The first-order valence-corrected chi connectivity index (χ1v) is 8.37. The molecule has 4 rings (SSSR count). The van der Waals surface area contributed by atoms with E-state index in [1.54, 1.807) is 12.4 Å². The third-order valence-electron chi connectivity index (χ3n) is 4.51. The Kier molecular flexibility index (Phi) is 5.18. The van der Waals surface area contributed by atoms with E-state index in [1.165, 1.54) is 6.33 Å². The number of carbonyl (C=O) groups is 1. The van der Waals surface area contributed by atoms with Crippen molar-refractivity contribution in [2.75, 3.05) is 25.5 Å². The number of nitrogens with zero attached hydrogens (tertiary/aromatic N) is 5. The summed E-state index contributed by atoms with van der Waals surface area (Å²) >= 11 is 0. The molecule has 2 fully saturated rings. The van der Waals surface area contributed by atoms with Crippen LogP contribution >= 0.6 is 0 Å². The molecule has 3 heterocycles. The average Bonchev–Trinajstić information content (AvgIpc) is 3.26. The Bertz CT molecular complexity index is 703. The van der Waals surface area contributed by atoms with Gasteiger partial charge >= 0.3 is 0 Å². The molecule has 0 unspecified atom stereocenters. The van der Waals surface area contributed by atoms with E-state index < -0.39 is 0 Å². The number of anilines is 1. The quantitative estimate of drug-likeness (QED) is 0.865. The number of hydrogen-bond acceptors (Lipinski definition) is 7. The van der Waals surface area contributed by atoms with E-state index in [9.17, 15) is 4.79 Å². The molecule has 1 amide bonds. The number of amides is 1. The molecule has 1 aliphatic heterocycles. The van der Waals surface area contributed by atoms with Gasteiger partial charge in [-0.2, -0.15) is 0 Å². The van der Waals surface area contributed by atoms with Crippen LogP contribution in [0.2, 0.25) is 0 Å². The number of nitrogens with one attached hydrogen (secondary N) is 1. The minimum atomic E-state index is -0.165. The van der Waals surface area contributed by atoms with Crippen LogP contribution in [0.15, 0.2) is 31.1 Å². The van der Waals surface area contributed by atoms with E-state index in [-0.39, 0.29) is 12.9 Å². The highest BCUT2D eigenvalue weighted by molar-refractivity contribution is 5.93. The fraction of sp³-hybridized carbons (Fsp3) is 0.471. The molecule has 1 aliphatic carbocycles. The molecule has 0 bridgehead atoms. The van der Waals surface area contributed by atoms with Crippen LogP contribution in [0.25, 0.3) is 0 Å². The predicted octanol–water partition coefficient (Wildman–Crippen LogP) is 1.46. The lowest BCUT2D eigenvalue weighted by Crippen LogP contribution is -2.28. The third-order valence-corrected chi connectivity index (χ3v) is 4.51. The SMILES string of the molecule is CO.O=C(c1cnc(NC2(c3cncnc3)CC2)nc1)N1CCCC1.[HH]. The second kappa shape index (κ2) is 7.52. The summed E-state index contributed by atoms with van der Waals surface area (Å²) in [7, 11) is 1.00. The zero-order valence-corrected chi connectivity index (χ0v) is 14.2. The van der Waals surface area contributed by atoms with Crippen molar-refractivity contribution in [2.45, 2.75) is 31.2 Å². The van der Waals surface area contributed by atoms with Crippen molar-refractivity contribution in [2.24, 2.45) is 0 Å². The van der Waals surface area contributed by atoms with Crippen LogP contribution in [0, 0.1) is 0 Å². The molecule has 0 atom stereocenters. The van der Waals surface area contributed by atoms with Crippen molar-refractivity contribution in [3.8, 4) is 0 Å². The monoisotopic (exact) mass is 344 g/mol. The van der Waals surface area contributed by atoms with Gasteiger partial charge in [-0.3, -0.25) is 4.79 Å². The topological polar surface area (TPSA) is 104 Å². The fourth-order valence-corrected chi connectivity index (χ4v) is 2.98. The summed E-state index contributed by atoms with van der Waals surface area (Å²) in [6, 6.07) is 0. The number of hydrogen-bond donors (Lipinski definition) is 2. The lowest BCUT2D eigenvalue weighted by atomic mass is 10.1. The summed E-state index contributed by atoms with van der Waals surface area (Å²) < 4.78 is 0. The number of aliphatic hydroxyl groups is 1. The Hall–Kier alpha value is -2.61. The first-order chi connectivity index (χ1) is 12.3. The number of likely N-dealkylation sites (tertiary alicyclic amines) is 1. The molecule has 8 nitrogen and oxygen atoms in total. The predicted molar refractivity (Wildman–Crippen MR) is 94.0 cm³/mol. The zero-order chi connectivity index (χ0) is 17.7. The molecule has 0 spiro atoms. The standard InChI is InChI=1S/C16H18N6O.CH4O.H2/c23-14(22-5-1-2-6-22)12-7-19-15(20-8-12)21-16(3-4-16)13-9-17-11-18-10-13;1-2;/h7-11H,1-6H2,(H,19,20,21);2H,1H3;1H. The van der Waals surface area contributed by atoms with Crippen molar-refractivity contribution in [1.29, 1.82) is 0 Å². The van der Waals surface area contributed by atoms with Crippen molar-refractivity contribution in [3.63, 3.8) is 0 Å². The second-order valence-corrected chi connectivity index (χ2v) is 6.13. The van der Waals surface area contributed by atoms with Crippen LogP contribution in [0.3, 0.4) is 0 Å². The Morgan fingerprint density at radius 1 is 1.12 bits per heavy atom. The van der Waals surface area contributed by atoms with Gasteiger partial charge < -0.3 is 15.3 Å². The van der Waals surface area contributed by atoms with Crippen LogP contribution in [0.1, 0.15) is 43.0 Å². The third kappa shape index (κ3) is 3.74. The normalized spacial score (nSPS) is 17.4. The van der Waals surface area contributed by atoms with Crippen molar-refractivity contribution >= 4 is 11.9 Å². The van der Waals surface area contributed by atoms with E-state index >= 15 is 0 Å². The first-order valence-electron chi connectivity index (χ1n) is 8.37. The minimum Gasteiger partial charge on any atom is -0.400 e. The lowest BCUT2D eigenvalue weighted by molar-refractivity contribution is 0.0792. The van der Waals surface area contributed by atoms with Gasteiger partial charge in [-0.05, 0) is 25.7 Å². The average molecular weight is 344 g/mol. The number of rotatable bonds is 4. The van der Waals surface area contributed by atoms with Gasteiger partial charge in [-0.1, -0.05) is 0 Å². The second-order valence-electron chi connectivity index (χ2n) is 6.13. The molecule has 2 aromatic rings. The highest BCUT2D eigenvalue weighted by Gasteiger charge is 2.45. The van der Waals surface area contributed by atoms with Gasteiger partial charge in [-0.25, -0.2) is 19.9 Å². The van der Waals surface area contributed by atoms with Crippen molar-refractivity contribution in [1.82, 2.24) is 24.8 Å².